The summed E-state index contributed by atoms with van der Waals surface area (Å²) in [6.45, 7) is 3.65. The van der Waals surface area contributed by atoms with Gasteiger partial charge in [0.25, 0.3) is 0 Å². The Morgan fingerprint density at radius 1 is 1.13 bits per heavy atom. The van der Waals surface area contributed by atoms with E-state index < -0.39 is 0 Å². The average Bonchev–Trinajstić information content (AvgIpc) is 2.74. The van der Waals surface area contributed by atoms with E-state index in [0.717, 1.165) is 43.6 Å². The zero-order valence-electron chi connectivity index (χ0n) is 17.4. The Labute approximate surface area is 177 Å². The van der Waals surface area contributed by atoms with Crippen LogP contribution in [0.1, 0.15) is 29.5 Å². The molecule has 3 rings (SSSR count). The first-order valence-corrected chi connectivity index (χ1v) is 10.3. The molecule has 0 spiro atoms. The summed E-state index contributed by atoms with van der Waals surface area (Å²) in [5.74, 6) is 0.167. The lowest BCUT2D eigenvalue weighted by Gasteiger charge is -2.31. The van der Waals surface area contributed by atoms with Gasteiger partial charge in [-0.05, 0) is 48.2 Å². The third kappa shape index (κ3) is 6.56. The highest BCUT2D eigenvalue weighted by Gasteiger charge is 2.23. The topological polar surface area (TPSA) is 82.8 Å². The Kier molecular flexibility index (Phi) is 7.79. The first kappa shape index (κ1) is 21.8. The van der Waals surface area contributed by atoms with Crippen molar-refractivity contribution in [3.8, 4) is 0 Å². The molecule has 0 bridgehead atoms. The van der Waals surface area contributed by atoms with E-state index in [1.165, 1.54) is 17.7 Å². The number of aliphatic imine (C=N–C) groups is 1. The van der Waals surface area contributed by atoms with E-state index in [2.05, 4.69) is 38.7 Å². The lowest BCUT2D eigenvalue weighted by Crippen LogP contribution is -2.40. The summed E-state index contributed by atoms with van der Waals surface area (Å²) in [7, 11) is 1.71. The average molecular weight is 412 g/mol. The molecule has 30 heavy (non-hydrogen) atoms. The zero-order chi connectivity index (χ0) is 21.3. The maximum absolute atomic E-state index is 13.3. The van der Waals surface area contributed by atoms with Crippen molar-refractivity contribution < 1.29 is 9.18 Å². The number of nitrogens with zero attached hydrogens (tertiary/aromatic N) is 2. The molecule has 160 valence electrons. The third-order valence-electron chi connectivity index (χ3n) is 5.34. The fourth-order valence-corrected chi connectivity index (χ4v) is 3.77. The number of amides is 1. The number of carbonyl (C=O) groups is 1. The van der Waals surface area contributed by atoms with Crippen LogP contribution in [0.5, 0.6) is 0 Å². The molecule has 1 atom stereocenters. The summed E-state index contributed by atoms with van der Waals surface area (Å²) in [6.07, 6.45) is 1.89. The van der Waals surface area contributed by atoms with Gasteiger partial charge in [0.05, 0.1) is 5.92 Å². The van der Waals surface area contributed by atoms with Crippen LogP contribution in [0.3, 0.4) is 0 Å². The molecule has 2 aromatic rings. The number of rotatable bonds is 7. The van der Waals surface area contributed by atoms with Crippen LogP contribution < -0.4 is 16.4 Å². The van der Waals surface area contributed by atoms with Gasteiger partial charge in [-0.1, -0.05) is 36.4 Å². The Morgan fingerprint density at radius 2 is 1.80 bits per heavy atom. The van der Waals surface area contributed by atoms with Gasteiger partial charge in [0.2, 0.25) is 5.91 Å². The third-order valence-corrected chi connectivity index (χ3v) is 5.34. The van der Waals surface area contributed by atoms with Crippen molar-refractivity contribution in [1.82, 2.24) is 15.5 Å². The van der Waals surface area contributed by atoms with Crippen molar-refractivity contribution >= 4 is 11.9 Å². The molecule has 2 aromatic carbocycles. The normalized spacial score (nSPS) is 17.5. The van der Waals surface area contributed by atoms with Gasteiger partial charge in [-0.25, -0.2) is 4.39 Å². The Bertz CT molecular complexity index is 885. The molecule has 1 unspecified atom stereocenters. The summed E-state index contributed by atoms with van der Waals surface area (Å²) in [5.41, 5.74) is 8.70. The fourth-order valence-electron chi connectivity index (χ4n) is 3.77. The van der Waals surface area contributed by atoms with E-state index in [4.69, 9.17) is 5.73 Å². The van der Waals surface area contributed by atoms with Crippen molar-refractivity contribution in [1.29, 1.82) is 0 Å². The monoisotopic (exact) mass is 411 g/mol. The van der Waals surface area contributed by atoms with E-state index in [0.29, 0.717) is 19.0 Å². The Morgan fingerprint density at radius 3 is 2.47 bits per heavy atom. The van der Waals surface area contributed by atoms with Crippen molar-refractivity contribution in [3.05, 3.63) is 71.0 Å². The van der Waals surface area contributed by atoms with Gasteiger partial charge in [0, 0.05) is 33.2 Å². The molecular weight excluding hydrogens is 381 g/mol. The van der Waals surface area contributed by atoms with Crippen LogP contribution in [0.25, 0.3) is 0 Å². The predicted octanol–water partition coefficient (Wildman–Crippen LogP) is 2.39. The number of primary amides is 1. The van der Waals surface area contributed by atoms with Crippen molar-refractivity contribution in [2.75, 3.05) is 20.1 Å². The number of likely N-dealkylation sites (tertiary alicyclic amines) is 1. The van der Waals surface area contributed by atoms with Gasteiger partial charge in [0.15, 0.2) is 5.96 Å². The number of benzene rings is 2. The molecule has 0 aliphatic carbocycles. The summed E-state index contributed by atoms with van der Waals surface area (Å²) in [6, 6.07) is 14.9. The molecule has 6 nitrogen and oxygen atoms in total. The molecule has 1 aliphatic heterocycles. The summed E-state index contributed by atoms with van der Waals surface area (Å²) in [5, 5.41) is 6.49. The number of halogens is 1. The number of nitrogens with one attached hydrogen (secondary N) is 2. The van der Waals surface area contributed by atoms with E-state index in [-0.39, 0.29) is 17.6 Å². The largest absolute Gasteiger partial charge is 0.369 e. The Hall–Kier alpha value is -2.93. The highest BCUT2D eigenvalue weighted by atomic mass is 19.1. The van der Waals surface area contributed by atoms with Crippen LogP contribution in [0.15, 0.2) is 53.5 Å². The van der Waals surface area contributed by atoms with E-state index >= 15 is 0 Å². The second kappa shape index (κ2) is 10.7. The van der Waals surface area contributed by atoms with E-state index in [9.17, 15) is 9.18 Å². The number of guanidine groups is 1. The second-order valence-corrected chi connectivity index (χ2v) is 7.71. The quantitative estimate of drug-likeness (QED) is 0.483. The summed E-state index contributed by atoms with van der Waals surface area (Å²) < 4.78 is 13.3. The maximum Gasteiger partial charge on any atom is 0.221 e. The lowest BCUT2D eigenvalue weighted by atomic mass is 9.97. The fraction of sp³-hybridized carbons (Fsp3) is 0.391. The first-order valence-electron chi connectivity index (χ1n) is 10.3. The Balaban J connectivity index is 1.51. The number of hydrogen-bond acceptors (Lipinski definition) is 3. The van der Waals surface area contributed by atoms with E-state index in [1.54, 1.807) is 13.1 Å². The van der Waals surface area contributed by atoms with Gasteiger partial charge in [0.1, 0.15) is 5.82 Å². The SMILES string of the molecule is CN=C(NCc1cccc(F)c1)NCc1cccc(CN2CCCC(C(N)=O)C2)c1. The molecule has 1 amide bonds. The standard InChI is InChI=1S/C23H30FN5O/c1-26-23(28-14-18-6-3-9-21(24)12-18)27-13-17-5-2-7-19(11-17)15-29-10-4-8-20(16-29)22(25)30/h2-3,5-7,9,11-12,20H,4,8,10,13-16H2,1H3,(H2,25,30)(H2,26,27,28). The van der Waals surface area contributed by atoms with Crippen molar-refractivity contribution in [3.63, 3.8) is 0 Å². The molecule has 1 fully saturated rings. The van der Waals surface area contributed by atoms with Crippen LogP contribution in [0.2, 0.25) is 0 Å². The second-order valence-electron chi connectivity index (χ2n) is 7.71. The molecule has 1 heterocycles. The van der Waals surface area contributed by atoms with E-state index in [1.807, 2.05) is 12.1 Å². The highest BCUT2D eigenvalue weighted by molar-refractivity contribution is 5.79. The van der Waals surface area contributed by atoms with Crippen LogP contribution in [-0.2, 0) is 24.4 Å². The maximum atomic E-state index is 13.3. The predicted molar refractivity (Wildman–Crippen MR) is 117 cm³/mol. The van der Waals surface area contributed by atoms with Crippen LogP contribution >= 0.6 is 0 Å². The number of piperidine rings is 1. The molecule has 4 N–H and O–H groups in total. The highest BCUT2D eigenvalue weighted by Crippen LogP contribution is 2.18. The van der Waals surface area contributed by atoms with Gasteiger partial charge in [-0.15, -0.1) is 0 Å². The van der Waals surface area contributed by atoms with Gasteiger partial charge in [-0.3, -0.25) is 14.7 Å². The number of nitrogens with two attached hydrogens (primary N) is 1. The van der Waals surface area contributed by atoms with Gasteiger partial charge >= 0.3 is 0 Å². The molecule has 1 aliphatic rings. The van der Waals surface area contributed by atoms with Crippen LogP contribution in [-0.4, -0.2) is 36.9 Å². The number of hydrogen-bond donors (Lipinski definition) is 3. The zero-order valence-corrected chi connectivity index (χ0v) is 17.4. The smallest absolute Gasteiger partial charge is 0.221 e. The molecule has 1 saturated heterocycles. The van der Waals surface area contributed by atoms with Gasteiger partial charge < -0.3 is 16.4 Å². The van der Waals surface area contributed by atoms with Crippen LogP contribution in [0.4, 0.5) is 4.39 Å². The first-order chi connectivity index (χ1) is 14.5. The molecule has 7 heteroatoms. The minimum atomic E-state index is -0.245. The minimum absolute atomic E-state index is 0.0453. The summed E-state index contributed by atoms with van der Waals surface area (Å²) in [4.78, 5) is 18.0. The van der Waals surface area contributed by atoms with Crippen molar-refractivity contribution in [2.45, 2.75) is 32.5 Å². The summed E-state index contributed by atoms with van der Waals surface area (Å²) >= 11 is 0. The minimum Gasteiger partial charge on any atom is -0.369 e. The lowest BCUT2D eigenvalue weighted by molar-refractivity contribution is -0.123. The molecule has 0 radical (unpaired) electrons. The molecule has 0 aromatic heterocycles. The number of carbonyl (C=O) groups excluding carboxylic acids is 1. The van der Waals surface area contributed by atoms with Crippen LogP contribution in [0, 0.1) is 11.7 Å². The van der Waals surface area contributed by atoms with Gasteiger partial charge in [-0.2, -0.15) is 0 Å². The molecule has 0 saturated carbocycles. The van der Waals surface area contributed by atoms with Crippen molar-refractivity contribution in [2.24, 2.45) is 16.6 Å². The molecular formula is C23H30FN5O.